The number of ketones is 1. The van der Waals surface area contributed by atoms with E-state index < -0.39 is 0 Å². The molecule has 0 spiro atoms. The summed E-state index contributed by atoms with van der Waals surface area (Å²) in [5.74, 6) is 0.121. The molecule has 0 amide bonds. The Kier molecular flexibility index (Phi) is 2.86. The molecule has 0 aliphatic carbocycles. The third kappa shape index (κ3) is 1.90. The monoisotopic (exact) mass is 266 g/mol. The number of hydrogen-bond acceptors (Lipinski definition) is 4. The smallest absolute Gasteiger partial charge is 0.248 e. The molecule has 0 fully saturated rings. The number of furan rings is 1. The zero-order chi connectivity index (χ0) is 14.3. The van der Waals surface area contributed by atoms with Crippen molar-refractivity contribution in [1.29, 1.82) is 0 Å². The molecular formula is C16H14N2O2. The van der Waals surface area contributed by atoms with Crippen LogP contribution in [0.15, 0.2) is 35.0 Å². The van der Waals surface area contributed by atoms with Crippen molar-refractivity contribution < 1.29 is 9.21 Å². The Morgan fingerprint density at radius 1 is 1.10 bits per heavy atom. The Balaban J connectivity index is 2.18. The van der Waals surface area contributed by atoms with E-state index in [1.54, 1.807) is 13.1 Å². The second-order valence-electron chi connectivity index (χ2n) is 4.88. The molecule has 0 N–H and O–H groups in total. The first-order chi connectivity index (χ1) is 9.58. The molecule has 0 atom stereocenters. The quantitative estimate of drug-likeness (QED) is 0.667. The molecule has 4 heteroatoms. The number of aryl methyl sites for hydroxylation is 3. The summed E-state index contributed by atoms with van der Waals surface area (Å²) in [5.41, 5.74) is 3.65. The van der Waals surface area contributed by atoms with Crippen LogP contribution in [0.4, 0.5) is 0 Å². The van der Waals surface area contributed by atoms with Crippen molar-refractivity contribution in [3.63, 3.8) is 0 Å². The van der Waals surface area contributed by atoms with Gasteiger partial charge < -0.3 is 4.42 Å². The van der Waals surface area contributed by atoms with E-state index in [4.69, 9.17) is 4.42 Å². The summed E-state index contributed by atoms with van der Waals surface area (Å²) in [6.45, 7) is 5.67. The van der Waals surface area contributed by atoms with Crippen LogP contribution in [0.2, 0.25) is 0 Å². The minimum Gasteiger partial charge on any atom is -0.452 e. The van der Waals surface area contributed by atoms with Crippen molar-refractivity contribution in [1.82, 2.24) is 9.97 Å². The highest BCUT2D eigenvalue weighted by molar-refractivity contribution is 6.09. The number of nitrogens with zero attached hydrogens (tertiary/aromatic N) is 2. The fraction of sp³-hybridized carbons (Fsp3) is 0.188. The van der Waals surface area contributed by atoms with Gasteiger partial charge in [-0.05, 0) is 32.9 Å². The van der Waals surface area contributed by atoms with Crippen molar-refractivity contribution in [2.45, 2.75) is 20.8 Å². The first-order valence-corrected chi connectivity index (χ1v) is 6.40. The Bertz CT molecular complexity index is 818. The van der Waals surface area contributed by atoms with Gasteiger partial charge in [0.05, 0.1) is 5.69 Å². The first-order valence-electron chi connectivity index (χ1n) is 6.40. The van der Waals surface area contributed by atoms with E-state index in [1.807, 2.05) is 32.0 Å². The van der Waals surface area contributed by atoms with Gasteiger partial charge in [0.1, 0.15) is 11.3 Å². The molecule has 2 heterocycles. The van der Waals surface area contributed by atoms with Gasteiger partial charge >= 0.3 is 0 Å². The van der Waals surface area contributed by atoms with E-state index in [0.717, 1.165) is 22.1 Å². The van der Waals surface area contributed by atoms with Gasteiger partial charge in [-0.15, -0.1) is 0 Å². The number of hydrogen-bond donors (Lipinski definition) is 0. The fourth-order valence-electron chi connectivity index (χ4n) is 2.29. The Morgan fingerprint density at radius 3 is 2.60 bits per heavy atom. The van der Waals surface area contributed by atoms with Gasteiger partial charge in [-0.25, -0.2) is 4.98 Å². The summed E-state index contributed by atoms with van der Waals surface area (Å²) >= 11 is 0. The molecular weight excluding hydrogens is 252 g/mol. The zero-order valence-electron chi connectivity index (χ0n) is 11.6. The largest absolute Gasteiger partial charge is 0.452 e. The van der Waals surface area contributed by atoms with Crippen LogP contribution in [0.5, 0.6) is 0 Å². The number of aromatic nitrogens is 2. The summed E-state index contributed by atoms with van der Waals surface area (Å²) in [4.78, 5) is 20.8. The molecule has 0 unspecified atom stereocenters. The van der Waals surface area contributed by atoms with Gasteiger partial charge in [-0.3, -0.25) is 9.78 Å². The van der Waals surface area contributed by atoms with Crippen molar-refractivity contribution in [3.05, 3.63) is 58.9 Å². The van der Waals surface area contributed by atoms with Crippen LogP contribution in [0.1, 0.15) is 33.1 Å². The Labute approximate surface area is 116 Å². The molecule has 3 aromatic rings. The van der Waals surface area contributed by atoms with Crippen LogP contribution in [-0.2, 0) is 0 Å². The Morgan fingerprint density at radius 2 is 1.85 bits per heavy atom. The summed E-state index contributed by atoms with van der Waals surface area (Å²) in [6, 6.07) is 5.87. The average molecular weight is 266 g/mol. The predicted octanol–water partition coefficient (Wildman–Crippen LogP) is 3.38. The lowest BCUT2D eigenvalue weighted by Crippen LogP contribution is -2.07. The second kappa shape index (κ2) is 4.56. The SMILES string of the molecule is Cc1ccc2oc(C(=O)c3nccnc3C)c(C)c2c1. The maximum absolute atomic E-state index is 12.5. The van der Waals surface area contributed by atoms with E-state index in [2.05, 4.69) is 9.97 Å². The van der Waals surface area contributed by atoms with Gasteiger partial charge in [0.2, 0.25) is 5.78 Å². The molecule has 0 saturated carbocycles. The van der Waals surface area contributed by atoms with E-state index >= 15 is 0 Å². The highest BCUT2D eigenvalue weighted by Crippen LogP contribution is 2.27. The van der Waals surface area contributed by atoms with Crippen molar-refractivity contribution in [3.8, 4) is 0 Å². The number of rotatable bonds is 2. The number of carbonyl (C=O) groups excluding carboxylic acids is 1. The van der Waals surface area contributed by atoms with Crippen molar-refractivity contribution in [2.75, 3.05) is 0 Å². The molecule has 0 bridgehead atoms. The van der Waals surface area contributed by atoms with Crippen LogP contribution in [0.25, 0.3) is 11.0 Å². The van der Waals surface area contributed by atoms with E-state index in [0.29, 0.717) is 17.1 Å². The lowest BCUT2D eigenvalue weighted by molar-refractivity contribution is 0.100. The molecule has 0 radical (unpaired) electrons. The van der Waals surface area contributed by atoms with Crippen molar-refractivity contribution >= 4 is 16.8 Å². The lowest BCUT2D eigenvalue weighted by atomic mass is 10.1. The molecule has 3 rings (SSSR count). The lowest BCUT2D eigenvalue weighted by Gasteiger charge is -2.00. The van der Waals surface area contributed by atoms with E-state index in [1.165, 1.54) is 6.20 Å². The molecule has 0 aliphatic rings. The molecule has 2 aromatic heterocycles. The predicted molar refractivity (Wildman–Crippen MR) is 75.9 cm³/mol. The molecule has 1 aromatic carbocycles. The van der Waals surface area contributed by atoms with Gasteiger partial charge in [0, 0.05) is 23.3 Å². The molecule has 0 aliphatic heterocycles. The van der Waals surface area contributed by atoms with E-state index in [-0.39, 0.29) is 5.78 Å². The first kappa shape index (κ1) is 12.5. The summed E-state index contributed by atoms with van der Waals surface area (Å²) < 4.78 is 5.71. The summed E-state index contributed by atoms with van der Waals surface area (Å²) in [7, 11) is 0. The van der Waals surface area contributed by atoms with E-state index in [9.17, 15) is 4.79 Å². The molecule has 100 valence electrons. The van der Waals surface area contributed by atoms with Crippen LogP contribution in [0, 0.1) is 20.8 Å². The van der Waals surface area contributed by atoms with Crippen LogP contribution in [0.3, 0.4) is 0 Å². The minimum atomic E-state index is -0.220. The minimum absolute atomic E-state index is 0.220. The second-order valence-corrected chi connectivity index (χ2v) is 4.88. The number of fused-ring (bicyclic) bond motifs is 1. The maximum atomic E-state index is 12.5. The van der Waals surface area contributed by atoms with Crippen LogP contribution in [-0.4, -0.2) is 15.8 Å². The number of carbonyl (C=O) groups is 1. The summed E-state index contributed by atoms with van der Waals surface area (Å²) in [6.07, 6.45) is 3.09. The van der Waals surface area contributed by atoms with Crippen molar-refractivity contribution in [2.24, 2.45) is 0 Å². The molecule has 20 heavy (non-hydrogen) atoms. The third-order valence-corrected chi connectivity index (χ3v) is 3.39. The highest BCUT2D eigenvalue weighted by Gasteiger charge is 2.22. The zero-order valence-corrected chi connectivity index (χ0v) is 11.6. The fourth-order valence-corrected chi connectivity index (χ4v) is 2.29. The number of benzene rings is 1. The van der Waals surface area contributed by atoms with Crippen LogP contribution < -0.4 is 0 Å². The highest BCUT2D eigenvalue weighted by atomic mass is 16.3. The topological polar surface area (TPSA) is 56.0 Å². The van der Waals surface area contributed by atoms with Gasteiger partial charge in [0.15, 0.2) is 5.76 Å². The standard InChI is InChI=1S/C16H14N2O2/c1-9-4-5-13-12(8-9)10(2)16(20-13)15(19)14-11(3)17-6-7-18-14/h4-8H,1-3H3. The van der Waals surface area contributed by atoms with Gasteiger partial charge in [-0.1, -0.05) is 11.6 Å². The van der Waals surface area contributed by atoms with Gasteiger partial charge in [-0.2, -0.15) is 0 Å². The summed E-state index contributed by atoms with van der Waals surface area (Å²) in [5, 5.41) is 0.967. The maximum Gasteiger partial charge on any atom is 0.248 e. The molecule has 0 saturated heterocycles. The average Bonchev–Trinajstić information content (AvgIpc) is 2.76. The third-order valence-electron chi connectivity index (χ3n) is 3.39. The molecule has 4 nitrogen and oxygen atoms in total. The van der Waals surface area contributed by atoms with Gasteiger partial charge in [0.25, 0.3) is 0 Å². The normalized spacial score (nSPS) is 10.9. The van der Waals surface area contributed by atoms with Crippen LogP contribution >= 0.6 is 0 Å². The Hall–Kier alpha value is -2.49.